The number of para-hydroxylation sites is 1. The number of hydrogen-bond acceptors (Lipinski definition) is 7. The number of halogens is 1. The molecule has 0 spiro atoms. The van der Waals surface area contributed by atoms with Crippen molar-refractivity contribution in [1.82, 2.24) is 10.2 Å². The van der Waals surface area contributed by atoms with Crippen LogP contribution in [0.25, 0.3) is 22.3 Å². The summed E-state index contributed by atoms with van der Waals surface area (Å²) >= 11 is 7.33. The summed E-state index contributed by atoms with van der Waals surface area (Å²) in [5, 5.41) is 13.0. The average Bonchev–Trinajstić information content (AvgIpc) is 3.28. The lowest BCUT2D eigenvalue weighted by Crippen LogP contribution is -2.34. The molecule has 4 aromatic rings. The summed E-state index contributed by atoms with van der Waals surface area (Å²) in [5.74, 6) is -0.00751. The van der Waals surface area contributed by atoms with Crippen LogP contribution in [-0.2, 0) is 4.79 Å². The smallest absolute Gasteiger partial charge is 0.267 e. The summed E-state index contributed by atoms with van der Waals surface area (Å²) in [4.78, 5) is 26.3. The fraction of sp³-hybridized carbons (Fsp3) is 0.250. The first kappa shape index (κ1) is 22.9. The Labute approximate surface area is 199 Å². The highest BCUT2D eigenvalue weighted by molar-refractivity contribution is 7.15. The fourth-order valence-corrected chi connectivity index (χ4v) is 4.07. The Morgan fingerprint density at radius 1 is 1.15 bits per heavy atom. The van der Waals surface area contributed by atoms with Gasteiger partial charge in [-0.25, -0.2) is 0 Å². The summed E-state index contributed by atoms with van der Waals surface area (Å²) in [6, 6.07) is 13.8. The van der Waals surface area contributed by atoms with Crippen LogP contribution in [0.15, 0.2) is 57.7 Å². The van der Waals surface area contributed by atoms with E-state index in [1.807, 2.05) is 13.8 Å². The van der Waals surface area contributed by atoms with Gasteiger partial charge in [-0.05, 0) is 42.8 Å². The Morgan fingerprint density at radius 3 is 2.55 bits per heavy atom. The Kier molecular flexibility index (Phi) is 6.76. The van der Waals surface area contributed by atoms with Crippen molar-refractivity contribution in [1.29, 1.82) is 0 Å². The first-order chi connectivity index (χ1) is 15.9. The second kappa shape index (κ2) is 9.72. The zero-order valence-corrected chi connectivity index (χ0v) is 19.9. The zero-order chi connectivity index (χ0) is 23.5. The summed E-state index contributed by atoms with van der Waals surface area (Å²) in [7, 11) is 0. The summed E-state index contributed by atoms with van der Waals surface area (Å²) < 4.78 is 12.1. The molecule has 0 radical (unpaired) electrons. The van der Waals surface area contributed by atoms with Gasteiger partial charge in [0.25, 0.3) is 5.91 Å². The molecule has 0 saturated carbocycles. The number of benzene rings is 2. The first-order valence-electron chi connectivity index (χ1n) is 10.5. The predicted molar refractivity (Wildman–Crippen MR) is 130 cm³/mol. The van der Waals surface area contributed by atoms with E-state index in [9.17, 15) is 9.59 Å². The number of rotatable bonds is 7. The molecule has 0 aliphatic heterocycles. The first-order valence-corrected chi connectivity index (χ1v) is 11.7. The standard InChI is InChI=1S/C24H22ClN3O4S/c1-4-17(22(30)26-24-28-27-23(33-24)13(2)3)31-21-19(29)16-7-5-6-8-18(16)32-20(21)14-9-11-15(25)12-10-14/h5-13,17H,4H2,1-3H3,(H,26,28,30). The molecular weight excluding hydrogens is 462 g/mol. The van der Waals surface area contributed by atoms with Crippen LogP contribution in [-0.4, -0.2) is 22.2 Å². The molecule has 4 rings (SSSR count). The van der Waals surface area contributed by atoms with Gasteiger partial charge < -0.3 is 9.15 Å². The van der Waals surface area contributed by atoms with Crippen LogP contribution in [0.2, 0.25) is 5.02 Å². The van der Waals surface area contributed by atoms with Crippen LogP contribution in [0.5, 0.6) is 5.75 Å². The van der Waals surface area contributed by atoms with Crippen LogP contribution in [0.3, 0.4) is 0 Å². The van der Waals surface area contributed by atoms with Crippen molar-refractivity contribution in [3.05, 3.63) is 68.8 Å². The minimum Gasteiger partial charge on any atom is -0.473 e. The minimum absolute atomic E-state index is 0.0295. The van der Waals surface area contributed by atoms with Gasteiger partial charge in [-0.1, -0.05) is 55.8 Å². The molecule has 2 aromatic carbocycles. The third kappa shape index (κ3) is 4.91. The van der Waals surface area contributed by atoms with Gasteiger partial charge in [0.05, 0.1) is 5.39 Å². The lowest BCUT2D eigenvalue weighted by atomic mass is 10.1. The number of amides is 1. The van der Waals surface area contributed by atoms with Gasteiger partial charge in [-0.15, -0.1) is 10.2 Å². The van der Waals surface area contributed by atoms with E-state index in [-0.39, 0.29) is 22.9 Å². The molecule has 1 N–H and O–H groups in total. The van der Waals surface area contributed by atoms with E-state index < -0.39 is 12.0 Å². The number of nitrogens with zero attached hydrogens (tertiary/aromatic N) is 2. The molecule has 33 heavy (non-hydrogen) atoms. The molecule has 0 saturated heterocycles. The molecule has 1 unspecified atom stereocenters. The Bertz CT molecular complexity index is 1350. The molecule has 1 amide bonds. The third-order valence-electron chi connectivity index (χ3n) is 4.95. The molecule has 7 nitrogen and oxygen atoms in total. The van der Waals surface area contributed by atoms with E-state index in [0.29, 0.717) is 33.1 Å². The van der Waals surface area contributed by atoms with E-state index >= 15 is 0 Å². The Balaban J connectivity index is 1.71. The predicted octanol–water partition coefficient (Wildman–Crippen LogP) is 5.88. The average molecular weight is 484 g/mol. The van der Waals surface area contributed by atoms with Crippen molar-refractivity contribution < 1.29 is 13.9 Å². The van der Waals surface area contributed by atoms with Crippen LogP contribution >= 0.6 is 22.9 Å². The van der Waals surface area contributed by atoms with Crippen molar-refractivity contribution in [2.75, 3.05) is 5.32 Å². The summed E-state index contributed by atoms with van der Waals surface area (Å²) in [6.45, 7) is 5.80. The fourth-order valence-electron chi connectivity index (χ4n) is 3.19. The van der Waals surface area contributed by atoms with Crippen molar-refractivity contribution >= 4 is 44.9 Å². The lowest BCUT2D eigenvalue weighted by molar-refractivity contribution is -0.122. The molecule has 2 heterocycles. The number of nitrogens with one attached hydrogen (secondary N) is 1. The number of aromatic nitrogens is 2. The molecule has 2 aromatic heterocycles. The van der Waals surface area contributed by atoms with Gasteiger partial charge in [-0.2, -0.15) is 0 Å². The van der Waals surface area contributed by atoms with Crippen molar-refractivity contribution in [3.8, 4) is 17.1 Å². The lowest BCUT2D eigenvalue weighted by Gasteiger charge is -2.18. The SMILES string of the molecule is CCC(Oc1c(-c2ccc(Cl)cc2)oc2ccccc2c1=O)C(=O)Nc1nnc(C(C)C)s1. The summed E-state index contributed by atoms with van der Waals surface area (Å²) in [5.41, 5.74) is 0.677. The molecule has 170 valence electrons. The number of carbonyl (C=O) groups excluding carboxylic acids is 1. The normalized spacial score (nSPS) is 12.2. The number of ether oxygens (including phenoxy) is 1. The van der Waals surface area contributed by atoms with Gasteiger partial charge in [0.1, 0.15) is 10.6 Å². The molecular formula is C24H22ClN3O4S. The van der Waals surface area contributed by atoms with Gasteiger partial charge in [0, 0.05) is 16.5 Å². The number of carbonyl (C=O) groups is 1. The molecule has 0 aliphatic rings. The van der Waals surface area contributed by atoms with Gasteiger partial charge >= 0.3 is 0 Å². The highest BCUT2D eigenvalue weighted by atomic mass is 35.5. The molecule has 0 aliphatic carbocycles. The van der Waals surface area contributed by atoms with Crippen LogP contribution in [0.1, 0.15) is 38.1 Å². The van der Waals surface area contributed by atoms with E-state index in [4.69, 9.17) is 20.8 Å². The van der Waals surface area contributed by atoms with E-state index in [1.54, 1.807) is 55.5 Å². The largest absolute Gasteiger partial charge is 0.473 e. The van der Waals surface area contributed by atoms with Gasteiger partial charge in [0.15, 0.2) is 11.9 Å². The van der Waals surface area contributed by atoms with E-state index in [0.717, 1.165) is 5.01 Å². The number of hydrogen-bond donors (Lipinski definition) is 1. The van der Waals surface area contributed by atoms with Crippen LogP contribution < -0.4 is 15.5 Å². The van der Waals surface area contributed by atoms with Crippen LogP contribution in [0, 0.1) is 0 Å². The molecule has 0 bridgehead atoms. The number of anilines is 1. The summed E-state index contributed by atoms with van der Waals surface area (Å²) in [6.07, 6.45) is -0.611. The maximum atomic E-state index is 13.3. The zero-order valence-electron chi connectivity index (χ0n) is 18.3. The second-order valence-corrected chi connectivity index (χ2v) is 9.14. The van der Waals surface area contributed by atoms with Gasteiger partial charge in [0.2, 0.25) is 16.3 Å². The third-order valence-corrected chi connectivity index (χ3v) is 6.34. The highest BCUT2D eigenvalue weighted by Crippen LogP contribution is 2.32. The van der Waals surface area contributed by atoms with Crippen molar-refractivity contribution in [2.24, 2.45) is 0 Å². The maximum Gasteiger partial charge on any atom is 0.267 e. The molecule has 1 atom stereocenters. The Hall–Kier alpha value is -3.23. The maximum absolute atomic E-state index is 13.3. The Morgan fingerprint density at radius 2 is 1.88 bits per heavy atom. The van der Waals surface area contributed by atoms with Crippen molar-refractivity contribution in [2.45, 2.75) is 39.2 Å². The minimum atomic E-state index is -0.938. The van der Waals surface area contributed by atoms with E-state index in [1.165, 1.54) is 11.3 Å². The topological polar surface area (TPSA) is 94.3 Å². The van der Waals surface area contributed by atoms with Crippen molar-refractivity contribution in [3.63, 3.8) is 0 Å². The highest BCUT2D eigenvalue weighted by Gasteiger charge is 2.26. The molecule has 9 heteroatoms. The molecule has 0 fully saturated rings. The second-order valence-electron chi connectivity index (χ2n) is 7.70. The van der Waals surface area contributed by atoms with Gasteiger partial charge in [-0.3, -0.25) is 14.9 Å². The van der Waals surface area contributed by atoms with E-state index in [2.05, 4.69) is 15.5 Å². The van der Waals surface area contributed by atoms with Crippen LogP contribution in [0.4, 0.5) is 5.13 Å². The quantitative estimate of drug-likeness (QED) is 0.352. The number of fused-ring (bicyclic) bond motifs is 1. The monoisotopic (exact) mass is 483 g/mol.